The number of aldehydes is 2. The van der Waals surface area contributed by atoms with E-state index in [0.29, 0.717) is 11.1 Å². The van der Waals surface area contributed by atoms with Crippen LogP contribution in [0.4, 0.5) is 0 Å². The van der Waals surface area contributed by atoms with Gasteiger partial charge in [-0.15, -0.1) is 0 Å². The Balaban J connectivity index is 1.50. The maximum absolute atomic E-state index is 13.4. The second kappa shape index (κ2) is 14.5. The number of ether oxygens (including phenoxy) is 1. The van der Waals surface area contributed by atoms with Gasteiger partial charge in [-0.05, 0) is 56.7 Å². The summed E-state index contributed by atoms with van der Waals surface area (Å²) in [5.41, 5.74) is 3.91. The summed E-state index contributed by atoms with van der Waals surface area (Å²) in [5, 5.41) is 0. The minimum Gasteiger partial charge on any atom is -0.336 e. The lowest BCUT2D eigenvalue weighted by Gasteiger charge is -2.36. The van der Waals surface area contributed by atoms with E-state index in [2.05, 4.69) is 24.3 Å². The first-order chi connectivity index (χ1) is 23.2. The van der Waals surface area contributed by atoms with Crippen LogP contribution in [0.3, 0.4) is 0 Å². The van der Waals surface area contributed by atoms with Crippen LogP contribution in [0.15, 0.2) is 182 Å². The van der Waals surface area contributed by atoms with Crippen LogP contribution < -0.4 is 0 Å². The quantitative estimate of drug-likeness (QED) is 0.130. The number of carbonyl (C=O) groups excluding carboxylic acids is 2. The summed E-state index contributed by atoms with van der Waals surface area (Å²) in [7, 11) is 0. The van der Waals surface area contributed by atoms with E-state index in [1.165, 1.54) is 0 Å². The van der Waals surface area contributed by atoms with Crippen molar-refractivity contribution in [2.75, 3.05) is 0 Å². The van der Waals surface area contributed by atoms with Crippen LogP contribution in [0.5, 0.6) is 0 Å². The van der Waals surface area contributed by atoms with Gasteiger partial charge in [0.25, 0.3) is 0 Å². The first-order valence-electron chi connectivity index (χ1n) is 15.6. The van der Waals surface area contributed by atoms with Crippen molar-refractivity contribution < 1.29 is 14.3 Å². The van der Waals surface area contributed by atoms with E-state index in [1.54, 1.807) is 12.2 Å². The predicted octanol–water partition coefficient (Wildman–Crippen LogP) is 9.95. The summed E-state index contributed by atoms with van der Waals surface area (Å²) in [6.07, 6.45) is 8.86. The Morgan fingerprint density at radius 1 is 0.383 bits per heavy atom. The lowest BCUT2D eigenvalue weighted by molar-refractivity contribution is -0.153. The Bertz CT molecular complexity index is 1840. The molecule has 2 atom stereocenters. The molecular weight excluding hydrogens is 576 g/mol. The number of rotatable bonds is 12. The molecule has 6 aromatic rings. The second-order valence-electron chi connectivity index (χ2n) is 11.2. The molecule has 0 fully saturated rings. The minimum atomic E-state index is -1.62. The van der Waals surface area contributed by atoms with Crippen molar-refractivity contribution in [2.45, 2.75) is 11.2 Å². The largest absolute Gasteiger partial charge is 0.336 e. The average molecular weight is 611 g/mol. The van der Waals surface area contributed by atoms with E-state index in [9.17, 15) is 9.59 Å². The van der Waals surface area contributed by atoms with E-state index >= 15 is 0 Å². The topological polar surface area (TPSA) is 43.4 Å². The van der Waals surface area contributed by atoms with Gasteiger partial charge in [-0.1, -0.05) is 182 Å². The van der Waals surface area contributed by atoms with Gasteiger partial charge in [-0.2, -0.15) is 0 Å². The van der Waals surface area contributed by atoms with Crippen LogP contribution in [0.1, 0.15) is 22.3 Å². The summed E-state index contributed by atoms with van der Waals surface area (Å²) in [6, 6.07) is 54.8. The van der Waals surface area contributed by atoms with Crippen LogP contribution in [-0.4, -0.2) is 12.6 Å². The molecular formula is C44H34O3. The molecule has 0 aliphatic carbocycles. The molecule has 0 saturated carbocycles. The zero-order valence-electron chi connectivity index (χ0n) is 25.9. The van der Waals surface area contributed by atoms with E-state index < -0.39 is 11.2 Å². The van der Waals surface area contributed by atoms with Gasteiger partial charge < -0.3 is 4.74 Å². The Morgan fingerprint density at radius 2 is 0.702 bits per heavy atom. The zero-order chi connectivity index (χ0) is 32.4. The maximum atomic E-state index is 13.4. The van der Waals surface area contributed by atoms with Crippen LogP contribution in [0.2, 0.25) is 0 Å². The first kappa shape index (κ1) is 31.1. The van der Waals surface area contributed by atoms with Crippen molar-refractivity contribution in [3.63, 3.8) is 0 Å². The van der Waals surface area contributed by atoms with Gasteiger partial charge in [-0.3, -0.25) is 9.59 Å². The molecule has 6 aromatic carbocycles. The van der Waals surface area contributed by atoms with Crippen molar-refractivity contribution in [3.05, 3.63) is 204 Å². The molecule has 228 valence electrons. The fourth-order valence-corrected chi connectivity index (χ4v) is 5.79. The number of benzene rings is 6. The van der Waals surface area contributed by atoms with Crippen LogP contribution in [0, 0.1) is 0 Å². The highest BCUT2D eigenvalue weighted by Crippen LogP contribution is 2.39. The SMILES string of the molecule is O=CC(C=Cc1ccccc1-c1ccccc1)(OC(C=O)(C=Cc1ccccc1-c1ccccc1)c1ccccc1)c1ccccc1. The van der Waals surface area contributed by atoms with Gasteiger partial charge in [-0.25, -0.2) is 0 Å². The highest BCUT2D eigenvalue weighted by atomic mass is 16.5. The van der Waals surface area contributed by atoms with Gasteiger partial charge in [0.05, 0.1) is 0 Å². The second-order valence-corrected chi connectivity index (χ2v) is 11.2. The molecule has 0 aromatic heterocycles. The highest BCUT2D eigenvalue weighted by Gasteiger charge is 2.42. The normalized spacial score (nSPS) is 14.0. The van der Waals surface area contributed by atoms with Crippen molar-refractivity contribution in [3.8, 4) is 22.3 Å². The Morgan fingerprint density at radius 3 is 1.06 bits per heavy atom. The van der Waals surface area contributed by atoms with E-state index in [-0.39, 0.29) is 0 Å². The smallest absolute Gasteiger partial charge is 0.169 e. The Labute approximate surface area is 276 Å². The molecule has 0 saturated heterocycles. The van der Waals surface area contributed by atoms with Crippen molar-refractivity contribution >= 4 is 24.7 Å². The molecule has 0 bridgehead atoms. The molecule has 0 aliphatic heterocycles. The van der Waals surface area contributed by atoms with E-state index in [1.807, 2.05) is 158 Å². The number of hydrogen-bond acceptors (Lipinski definition) is 3. The molecule has 0 heterocycles. The van der Waals surface area contributed by atoms with Crippen molar-refractivity contribution in [2.24, 2.45) is 0 Å². The maximum Gasteiger partial charge on any atom is 0.169 e. The summed E-state index contributed by atoms with van der Waals surface area (Å²) in [5.74, 6) is 0. The van der Waals surface area contributed by atoms with Gasteiger partial charge in [0.1, 0.15) is 0 Å². The fraction of sp³-hybridized carbons (Fsp3) is 0.0455. The highest BCUT2D eigenvalue weighted by molar-refractivity contribution is 5.81. The number of hydrogen-bond donors (Lipinski definition) is 0. The van der Waals surface area contributed by atoms with E-state index in [0.717, 1.165) is 46.0 Å². The van der Waals surface area contributed by atoms with Gasteiger partial charge >= 0.3 is 0 Å². The Hall–Kier alpha value is -5.90. The summed E-state index contributed by atoms with van der Waals surface area (Å²) in [4.78, 5) is 26.9. The molecule has 0 radical (unpaired) electrons. The van der Waals surface area contributed by atoms with Gasteiger partial charge in [0.2, 0.25) is 0 Å². The fourth-order valence-electron chi connectivity index (χ4n) is 5.79. The molecule has 0 amide bonds. The Kier molecular flexibility index (Phi) is 9.57. The van der Waals surface area contributed by atoms with Gasteiger partial charge in [0, 0.05) is 0 Å². The summed E-state index contributed by atoms with van der Waals surface area (Å²) < 4.78 is 6.92. The molecule has 3 heteroatoms. The molecule has 6 rings (SSSR count). The third-order valence-corrected chi connectivity index (χ3v) is 8.25. The standard InChI is InChI=1S/C44H34O3/c45-33-43(39-23-9-3-10-24-39,31-29-37-21-13-15-27-41(37)35-17-5-1-6-18-35)47-44(34-46,40-25-11-4-12-26-40)32-30-38-22-14-16-28-42(38)36-19-7-2-8-20-36/h1-34H. The van der Waals surface area contributed by atoms with Crippen molar-refractivity contribution in [1.29, 1.82) is 0 Å². The monoisotopic (exact) mass is 610 g/mol. The van der Waals surface area contributed by atoms with Crippen LogP contribution in [0.25, 0.3) is 34.4 Å². The molecule has 2 unspecified atom stereocenters. The summed E-state index contributed by atoms with van der Waals surface area (Å²) >= 11 is 0. The van der Waals surface area contributed by atoms with Crippen LogP contribution >= 0.6 is 0 Å². The predicted molar refractivity (Wildman–Crippen MR) is 191 cm³/mol. The number of carbonyl (C=O) groups is 2. The molecule has 47 heavy (non-hydrogen) atoms. The lowest BCUT2D eigenvalue weighted by Crippen LogP contribution is -2.41. The van der Waals surface area contributed by atoms with Crippen LogP contribution in [-0.2, 0) is 25.5 Å². The average Bonchev–Trinajstić information content (AvgIpc) is 3.16. The molecule has 3 nitrogen and oxygen atoms in total. The van der Waals surface area contributed by atoms with Crippen molar-refractivity contribution in [1.82, 2.24) is 0 Å². The lowest BCUT2D eigenvalue weighted by atomic mass is 9.88. The zero-order valence-corrected chi connectivity index (χ0v) is 25.9. The molecule has 0 N–H and O–H groups in total. The summed E-state index contributed by atoms with van der Waals surface area (Å²) in [6.45, 7) is 0. The molecule has 0 aliphatic rings. The molecule has 0 spiro atoms. The third kappa shape index (κ3) is 6.86. The minimum absolute atomic E-state index is 0.601. The van der Waals surface area contributed by atoms with E-state index in [4.69, 9.17) is 4.74 Å². The first-order valence-corrected chi connectivity index (χ1v) is 15.6. The third-order valence-electron chi connectivity index (χ3n) is 8.25. The van der Waals surface area contributed by atoms with Gasteiger partial charge in [0.15, 0.2) is 23.8 Å².